The molecule has 1 aliphatic heterocycles. The minimum Gasteiger partial charge on any atom is -0.495 e. The van der Waals surface area contributed by atoms with Crippen LogP contribution in [0.1, 0.15) is 25.5 Å². The molecule has 1 aliphatic rings. The topological polar surface area (TPSA) is 62.1 Å². The molecule has 7 heteroatoms. The van der Waals surface area contributed by atoms with Crippen LogP contribution in [0.15, 0.2) is 52.3 Å². The van der Waals surface area contributed by atoms with E-state index in [-0.39, 0.29) is 5.56 Å². The van der Waals surface area contributed by atoms with Crippen LogP contribution in [0.25, 0.3) is 0 Å². The molecule has 1 N–H and O–H groups in total. The molecule has 2 heterocycles. The van der Waals surface area contributed by atoms with Gasteiger partial charge in [0.2, 0.25) is 0 Å². The number of piperazine rings is 1. The molecule has 0 spiro atoms. The van der Waals surface area contributed by atoms with Crippen molar-refractivity contribution in [2.45, 2.75) is 33.2 Å². The first-order valence-corrected chi connectivity index (χ1v) is 11.2. The number of ether oxygens (including phenoxy) is 1. The van der Waals surface area contributed by atoms with E-state index in [1.807, 2.05) is 35.8 Å². The summed E-state index contributed by atoms with van der Waals surface area (Å²) in [5, 5.41) is 3.43. The number of aromatic nitrogens is 1. The molecule has 0 amide bonds. The van der Waals surface area contributed by atoms with Crippen molar-refractivity contribution in [1.29, 1.82) is 0 Å². The van der Waals surface area contributed by atoms with Crippen molar-refractivity contribution in [3.05, 3.63) is 58.5 Å². The van der Waals surface area contributed by atoms with E-state index in [1.165, 1.54) is 0 Å². The summed E-state index contributed by atoms with van der Waals surface area (Å²) in [4.78, 5) is 21.5. The second-order valence-corrected chi connectivity index (χ2v) is 7.75. The van der Waals surface area contributed by atoms with Gasteiger partial charge in [0.25, 0.3) is 5.56 Å². The van der Waals surface area contributed by atoms with Gasteiger partial charge in [-0.1, -0.05) is 18.2 Å². The minimum absolute atomic E-state index is 0.0738. The Morgan fingerprint density at radius 3 is 2.55 bits per heavy atom. The molecule has 7 nitrogen and oxygen atoms in total. The average Bonchev–Trinajstić information content (AvgIpc) is 2.80. The Hall–Kier alpha value is -2.96. The summed E-state index contributed by atoms with van der Waals surface area (Å²) in [6.07, 6.45) is 1.89. The number of nitrogens with one attached hydrogen (secondary N) is 1. The first-order valence-electron chi connectivity index (χ1n) is 11.2. The third-order valence-corrected chi connectivity index (χ3v) is 5.66. The number of rotatable bonds is 8. The standard InChI is InChI=1S/C24H35N5O2/c1-4-25-24(26-14-7-8-15-29-20(2)10-9-13-23(29)30)28-18-16-27(17-19-28)21-11-5-6-12-22(21)31-3/h5-6,9-13H,4,7-8,14-19H2,1-3H3,(H,25,26). The zero-order valence-electron chi connectivity index (χ0n) is 19.0. The van der Waals surface area contributed by atoms with Gasteiger partial charge in [0, 0.05) is 57.6 Å². The number of nitrogens with zero attached hydrogens (tertiary/aromatic N) is 4. The fourth-order valence-corrected chi connectivity index (χ4v) is 3.95. The van der Waals surface area contributed by atoms with Gasteiger partial charge in [-0.05, 0) is 44.9 Å². The number of aliphatic imine (C=N–C) groups is 1. The molecule has 0 radical (unpaired) electrons. The highest BCUT2D eigenvalue weighted by Crippen LogP contribution is 2.28. The largest absolute Gasteiger partial charge is 0.495 e. The number of anilines is 1. The molecule has 1 saturated heterocycles. The van der Waals surface area contributed by atoms with E-state index < -0.39 is 0 Å². The Labute approximate surface area is 185 Å². The molecule has 3 rings (SSSR count). The van der Waals surface area contributed by atoms with Crippen LogP contribution in [-0.4, -0.2) is 61.8 Å². The molecular weight excluding hydrogens is 390 g/mol. The first-order chi connectivity index (χ1) is 15.1. The van der Waals surface area contributed by atoms with E-state index in [4.69, 9.17) is 9.73 Å². The lowest BCUT2D eigenvalue weighted by atomic mass is 10.2. The predicted molar refractivity (Wildman–Crippen MR) is 127 cm³/mol. The summed E-state index contributed by atoms with van der Waals surface area (Å²) in [5.41, 5.74) is 2.24. The lowest BCUT2D eigenvalue weighted by molar-refractivity contribution is 0.367. The SMILES string of the molecule is CCNC(=NCCCCn1c(C)cccc1=O)N1CCN(c2ccccc2OC)CC1. The van der Waals surface area contributed by atoms with E-state index in [0.29, 0.717) is 0 Å². The molecule has 1 aromatic heterocycles. The lowest BCUT2D eigenvalue weighted by Crippen LogP contribution is -2.52. The van der Waals surface area contributed by atoms with Crippen LogP contribution in [0.2, 0.25) is 0 Å². The molecule has 168 valence electrons. The van der Waals surface area contributed by atoms with Crippen LogP contribution in [0.4, 0.5) is 5.69 Å². The number of guanidine groups is 1. The summed E-state index contributed by atoms with van der Waals surface area (Å²) in [6, 6.07) is 13.6. The molecule has 0 aliphatic carbocycles. The molecule has 1 fully saturated rings. The lowest BCUT2D eigenvalue weighted by Gasteiger charge is -2.38. The third-order valence-electron chi connectivity index (χ3n) is 5.66. The van der Waals surface area contributed by atoms with Gasteiger partial charge in [-0.3, -0.25) is 9.79 Å². The molecule has 31 heavy (non-hydrogen) atoms. The van der Waals surface area contributed by atoms with Gasteiger partial charge in [0.15, 0.2) is 5.96 Å². The molecule has 0 bridgehead atoms. The number of pyridine rings is 1. The van der Waals surface area contributed by atoms with Crippen molar-refractivity contribution in [3.8, 4) is 5.75 Å². The Balaban J connectivity index is 1.51. The number of methoxy groups -OCH3 is 1. The molecular formula is C24H35N5O2. The zero-order valence-corrected chi connectivity index (χ0v) is 19.0. The Morgan fingerprint density at radius 2 is 1.84 bits per heavy atom. The summed E-state index contributed by atoms with van der Waals surface area (Å²) in [7, 11) is 1.72. The van der Waals surface area contributed by atoms with Crippen molar-refractivity contribution in [3.63, 3.8) is 0 Å². The van der Waals surface area contributed by atoms with Crippen LogP contribution in [-0.2, 0) is 6.54 Å². The van der Waals surface area contributed by atoms with E-state index in [0.717, 1.165) is 81.7 Å². The van der Waals surface area contributed by atoms with Crippen molar-refractivity contribution >= 4 is 11.6 Å². The van der Waals surface area contributed by atoms with Gasteiger partial charge >= 0.3 is 0 Å². The minimum atomic E-state index is 0.0738. The number of hydrogen-bond donors (Lipinski definition) is 1. The van der Waals surface area contributed by atoms with Crippen molar-refractivity contribution in [2.24, 2.45) is 4.99 Å². The smallest absolute Gasteiger partial charge is 0.250 e. The second kappa shape index (κ2) is 11.4. The van der Waals surface area contributed by atoms with Gasteiger partial charge in [0.1, 0.15) is 5.75 Å². The highest BCUT2D eigenvalue weighted by Gasteiger charge is 2.21. The Morgan fingerprint density at radius 1 is 1.06 bits per heavy atom. The van der Waals surface area contributed by atoms with Crippen molar-refractivity contribution < 1.29 is 4.74 Å². The van der Waals surface area contributed by atoms with Gasteiger partial charge < -0.3 is 24.4 Å². The summed E-state index contributed by atoms with van der Waals surface area (Å²) >= 11 is 0. The number of benzene rings is 1. The molecule has 0 saturated carbocycles. The van der Waals surface area contributed by atoms with Crippen LogP contribution >= 0.6 is 0 Å². The van der Waals surface area contributed by atoms with Gasteiger partial charge in [-0.15, -0.1) is 0 Å². The van der Waals surface area contributed by atoms with Crippen LogP contribution in [0.5, 0.6) is 5.75 Å². The number of para-hydroxylation sites is 2. The monoisotopic (exact) mass is 425 g/mol. The van der Waals surface area contributed by atoms with Crippen molar-refractivity contribution in [2.75, 3.05) is 51.3 Å². The number of hydrogen-bond acceptors (Lipinski definition) is 4. The first kappa shape index (κ1) is 22.7. The van der Waals surface area contributed by atoms with E-state index in [1.54, 1.807) is 13.2 Å². The predicted octanol–water partition coefficient (Wildman–Crippen LogP) is 2.73. The number of aryl methyl sites for hydroxylation is 1. The second-order valence-electron chi connectivity index (χ2n) is 7.75. The summed E-state index contributed by atoms with van der Waals surface area (Å²) in [6.45, 7) is 10.1. The highest BCUT2D eigenvalue weighted by atomic mass is 16.5. The molecule has 1 aromatic carbocycles. The maximum atomic E-state index is 12.0. The van der Waals surface area contributed by atoms with Crippen molar-refractivity contribution in [1.82, 2.24) is 14.8 Å². The summed E-state index contributed by atoms with van der Waals surface area (Å²) < 4.78 is 7.36. The fraction of sp³-hybridized carbons (Fsp3) is 0.500. The van der Waals surface area contributed by atoms with Gasteiger partial charge in [-0.25, -0.2) is 0 Å². The molecule has 0 unspecified atom stereocenters. The third kappa shape index (κ3) is 6.03. The van der Waals surface area contributed by atoms with Gasteiger partial charge in [-0.2, -0.15) is 0 Å². The van der Waals surface area contributed by atoms with E-state index in [9.17, 15) is 4.79 Å². The van der Waals surface area contributed by atoms with Gasteiger partial charge in [0.05, 0.1) is 12.8 Å². The quantitative estimate of drug-likeness (QED) is 0.400. The fourth-order valence-electron chi connectivity index (χ4n) is 3.95. The number of unbranched alkanes of at least 4 members (excludes halogenated alkanes) is 1. The Bertz CT molecular complexity index is 916. The van der Waals surface area contributed by atoms with E-state index in [2.05, 4.69) is 34.2 Å². The normalized spacial score (nSPS) is 14.6. The molecule has 2 aromatic rings. The van der Waals surface area contributed by atoms with Crippen LogP contribution in [0, 0.1) is 6.92 Å². The Kier molecular flexibility index (Phi) is 8.38. The zero-order chi connectivity index (χ0) is 22.1. The van der Waals surface area contributed by atoms with Crippen LogP contribution in [0.3, 0.4) is 0 Å². The van der Waals surface area contributed by atoms with Crippen LogP contribution < -0.4 is 20.5 Å². The average molecular weight is 426 g/mol. The maximum absolute atomic E-state index is 12.0. The summed E-state index contributed by atoms with van der Waals surface area (Å²) in [5.74, 6) is 1.90. The highest BCUT2D eigenvalue weighted by molar-refractivity contribution is 5.80. The molecule has 0 atom stereocenters. The van der Waals surface area contributed by atoms with E-state index >= 15 is 0 Å². The maximum Gasteiger partial charge on any atom is 0.250 e.